The smallest absolute Gasteiger partial charge is 0.272 e. The summed E-state index contributed by atoms with van der Waals surface area (Å²) in [5, 5.41) is 4.55. The van der Waals surface area contributed by atoms with Crippen molar-refractivity contribution >= 4 is 38.2 Å². The van der Waals surface area contributed by atoms with E-state index in [9.17, 15) is 35.2 Å². The molecular formula is C30H26F5N5O5S. The number of carbonyl (C=O) groups is 1. The Balaban J connectivity index is 1.42. The Labute approximate surface area is 259 Å². The molecule has 16 heteroatoms. The van der Waals surface area contributed by atoms with E-state index in [2.05, 4.69) is 14.8 Å². The second-order valence-electron chi connectivity index (χ2n) is 10.1. The molecule has 0 saturated heterocycles. The number of ether oxygens (including phenoxy) is 2. The van der Waals surface area contributed by atoms with Crippen LogP contribution < -0.4 is 19.9 Å². The molecule has 2 aromatic heterocycles. The van der Waals surface area contributed by atoms with Gasteiger partial charge < -0.3 is 20.2 Å². The van der Waals surface area contributed by atoms with E-state index in [1.165, 1.54) is 41.2 Å². The molecule has 3 aromatic carbocycles. The quantitative estimate of drug-likeness (QED) is 0.0972. The van der Waals surface area contributed by atoms with Gasteiger partial charge in [0, 0.05) is 17.3 Å². The Bertz CT molecular complexity index is 2010. The first-order valence-corrected chi connectivity index (χ1v) is 15.2. The van der Waals surface area contributed by atoms with E-state index in [-0.39, 0.29) is 39.8 Å². The molecule has 0 amide bonds. The summed E-state index contributed by atoms with van der Waals surface area (Å²) in [7, 11) is -4.30. The van der Waals surface area contributed by atoms with Crippen LogP contribution in [0.15, 0.2) is 66.9 Å². The minimum absolute atomic E-state index is 0.00382. The number of fused-ring (bicyclic) bond motifs is 1. The van der Waals surface area contributed by atoms with Crippen LogP contribution >= 0.6 is 0 Å². The number of aryl methyl sites for hydroxylation is 1. The van der Waals surface area contributed by atoms with Crippen molar-refractivity contribution in [1.29, 1.82) is 0 Å². The van der Waals surface area contributed by atoms with E-state index in [0.717, 1.165) is 0 Å². The van der Waals surface area contributed by atoms with Crippen LogP contribution in [0.5, 0.6) is 17.2 Å². The molecule has 2 heterocycles. The monoisotopic (exact) mass is 663 g/mol. The number of ketones is 1. The molecule has 0 radical (unpaired) electrons. The summed E-state index contributed by atoms with van der Waals surface area (Å²) in [6, 6.07) is 14.6. The van der Waals surface area contributed by atoms with Crippen LogP contribution in [0.25, 0.3) is 16.6 Å². The molecule has 0 aliphatic rings. The number of H-pyrrole nitrogens is 1. The Hall–Kier alpha value is -5.12. The van der Waals surface area contributed by atoms with E-state index >= 15 is 0 Å². The first kappa shape index (κ1) is 32.3. The molecule has 0 fully saturated rings. The lowest BCUT2D eigenvalue weighted by molar-refractivity contribution is 0.0823. The Morgan fingerprint density at radius 1 is 1.04 bits per heavy atom. The van der Waals surface area contributed by atoms with Gasteiger partial charge in [0.25, 0.3) is 6.43 Å². The highest BCUT2D eigenvalue weighted by atomic mass is 32.2. The third-order valence-corrected chi connectivity index (χ3v) is 8.02. The van der Waals surface area contributed by atoms with E-state index in [1.807, 2.05) is 0 Å². The second kappa shape index (κ2) is 13.1. The van der Waals surface area contributed by atoms with Crippen LogP contribution in [0.3, 0.4) is 0 Å². The summed E-state index contributed by atoms with van der Waals surface area (Å²) in [6.07, 6.45) is -5.44. The number of alkyl halides is 4. The molecule has 46 heavy (non-hydrogen) atoms. The van der Waals surface area contributed by atoms with Crippen molar-refractivity contribution in [1.82, 2.24) is 14.8 Å². The Morgan fingerprint density at radius 3 is 2.50 bits per heavy atom. The van der Waals surface area contributed by atoms with Gasteiger partial charge in [-0.1, -0.05) is 12.1 Å². The molecule has 0 saturated carbocycles. The van der Waals surface area contributed by atoms with E-state index in [1.54, 1.807) is 37.3 Å². The van der Waals surface area contributed by atoms with Crippen molar-refractivity contribution in [3.63, 3.8) is 0 Å². The van der Waals surface area contributed by atoms with Gasteiger partial charge in [-0.2, -0.15) is 5.10 Å². The number of hydrogen-bond donors (Lipinski definition) is 3. The van der Waals surface area contributed by atoms with E-state index < -0.39 is 53.3 Å². The van der Waals surface area contributed by atoms with Crippen LogP contribution in [0.1, 0.15) is 28.0 Å². The van der Waals surface area contributed by atoms with Crippen molar-refractivity contribution < 1.29 is 44.6 Å². The van der Waals surface area contributed by atoms with Gasteiger partial charge >= 0.3 is 0 Å². The topological polar surface area (TPSA) is 141 Å². The van der Waals surface area contributed by atoms with Crippen molar-refractivity contribution in [2.24, 2.45) is 0 Å². The summed E-state index contributed by atoms with van der Waals surface area (Å²) in [6.45, 7) is 0.676. The van der Waals surface area contributed by atoms with Crippen LogP contribution in [0.2, 0.25) is 0 Å². The third-order valence-electron chi connectivity index (χ3n) is 6.71. The van der Waals surface area contributed by atoms with Gasteiger partial charge in [-0.05, 0) is 61.0 Å². The number of halogens is 5. The number of benzene rings is 3. The normalized spacial score (nSPS) is 11.8. The highest BCUT2D eigenvalue weighted by Crippen LogP contribution is 2.34. The number of anilines is 2. The number of para-hydroxylation sites is 1. The maximum absolute atomic E-state index is 14.0. The van der Waals surface area contributed by atoms with Gasteiger partial charge in [0.2, 0.25) is 22.2 Å². The number of sulfonamides is 1. The molecular weight excluding hydrogens is 637 g/mol. The lowest BCUT2D eigenvalue weighted by Crippen LogP contribution is -2.19. The highest BCUT2D eigenvalue weighted by Gasteiger charge is 2.23. The van der Waals surface area contributed by atoms with E-state index in [0.29, 0.717) is 22.4 Å². The van der Waals surface area contributed by atoms with Crippen LogP contribution in [0.4, 0.5) is 33.5 Å². The van der Waals surface area contributed by atoms with Crippen molar-refractivity contribution in [3.8, 4) is 22.9 Å². The number of nitrogens with two attached hydrogens (primary N) is 1. The summed E-state index contributed by atoms with van der Waals surface area (Å²) < 4.78 is 104. The Kier molecular flexibility index (Phi) is 9.18. The molecule has 0 aliphatic heterocycles. The number of carbonyl (C=O) groups excluding carboxylic acids is 1. The van der Waals surface area contributed by atoms with Gasteiger partial charge in [-0.25, -0.2) is 35.1 Å². The second-order valence-corrected chi connectivity index (χ2v) is 11.9. The maximum atomic E-state index is 14.0. The Morgan fingerprint density at radius 2 is 1.80 bits per heavy atom. The zero-order chi connectivity index (χ0) is 33.2. The maximum Gasteiger partial charge on any atom is 0.272 e. The largest absolute Gasteiger partial charge is 0.485 e. The van der Waals surface area contributed by atoms with E-state index in [4.69, 9.17) is 15.2 Å². The molecule has 4 N–H and O–H groups in total. The fourth-order valence-electron chi connectivity index (χ4n) is 4.55. The number of hydrogen-bond acceptors (Lipinski definition) is 7. The average Bonchev–Trinajstić information content (AvgIpc) is 3.58. The first-order valence-electron chi connectivity index (χ1n) is 13.6. The van der Waals surface area contributed by atoms with Gasteiger partial charge in [-0.3, -0.25) is 9.52 Å². The van der Waals surface area contributed by atoms with Gasteiger partial charge in [-0.15, -0.1) is 0 Å². The number of aromatic nitrogens is 3. The number of rotatable bonds is 13. The molecule has 0 aliphatic carbocycles. The third kappa shape index (κ3) is 7.22. The lowest BCUT2D eigenvalue weighted by atomic mass is 10.1. The molecule has 0 bridgehead atoms. The van der Waals surface area contributed by atoms with Crippen LogP contribution in [0, 0.1) is 12.7 Å². The number of nitrogens with one attached hydrogen (secondary N) is 2. The standard InChI is InChI=1S/C30H26F5N5O5S/c1-16-10-18(45-25-5-3-2-4-20(25)31)6-7-24(16)40-30(36)19(14-37-40)29(41)23-11-17-12-26(44-15-28(34)35)22(13-21(17)38-23)39-46(42,43)9-8-27(32)33/h2-7,10-14,27-28,38-39H,8-9,15,36H2,1H3. The van der Waals surface area contributed by atoms with Crippen molar-refractivity contribution in [3.05, 3.63) is 89.5 Å². The first-order chi connectivity index (χ1) is 21.8. The number of nitrogen functional groups attached to an aromatic ring is 1. The van der Waals surface area contributed by atoms with Crippen molar-refractivity contribution in [2.45, 2.75) is 26.2 Å². The lowest BCUT2D eigenvalue weighted by Gasteiger charge is -2.14. The molecule has 0 atom stereocenters. The molecule has 0 spiro atoms. The summed E-state index contributed by atoms with van der Waals surface area (Å²) in [4.78, 5) is 16.3. The summed E-state index contributed by atoms with van der Waals surface area (Å²) in [5.74, 6) is -1.94. The molecule has 5 aromatic rings. The minimum Gasteiger partial charge on any atom is -0.485 e. The SMILES string of the molecule is Cc1cc(Oc2ccccc2F)ccc1-n1ncc(C(=O)c2cc3cc(OCC(F)F)c(NS(=O)(=O)CCC(F)F)cc3[nH]2)c1N. The zero-order valence-electron chi connectivity index (χ0n) is 23.9. The van der Waals surface area contributed by atoms with Crippen LogP contribution in [-0.4, -0.2) is 54.2 Å². The summed E-state index contributed by atoms with van der Waals surface area (Å²) >= 11 is 0. The average molecular weight is 664 g/mol. The highest BCUT2D eigenvalue weighted by molar-refractivity contribution is 7.92. The molecule has 5 rings (SSSR count). The number of nitrogens with zero attached hydrogens (tertiary/aromatic N) is 2. The molecule has 10 nitrogen and oxygen atoms in total. The van der Waals surface area contributed by atoms with Gasteiger partial charge in [0.15, 0.2) is 11.6 Å². The predicted molar refractivity (Wildman–Crippen MR) is 160 cm³/mol. The summed E-state index contributed by atoms with van der Waals surface area (Å²) in [5.41, 5.74) is 7.42. The molecule has 0 unspecified atom stereocenters. The van der Waals surface area contributed by atoms with Crippen LogP contribution in [-0.2, 0) is 10.0 Å². The predicted octanol–water partition coefficient (Wildman–Crippen LogP) is 6.45. The zero-order valence-corrected chi connectivity index (χ0v) is 24.8. The minimum atomic E-state index is -4.30. The van der Waals surface area contributed by atoms with Crippen molar-refractivity contribution in [2.75, 3.05) is 22.8 Å². The van der Waals surface area contributed by atoms with Gasteiger partial charge in [0.05, 0.1) is 34.6 Å². The fraction of sp³-hybridized carbons (Fsp3) is 0.200. The number of aromatic amines is 1. The van der Waals surface area contributed by atoms with Gasteiger partial charge in [0.1, 0.15) is 23.9 Å². The molecule has 242 valence electrons. The fourth-order valence-corrected chi connectivity index (χ4v) is 5.64.